The van der Waals surface area contributed by atoms with Gasteiger partial charge in [0.2, 0.25) is 0 Å². The highest BCUT2D eigenvalue weighted by atomic mass is 79.9. The maximum absolute atomic E-state index is 12.0. The Labute approximate surface area is 114 Å². The normalized spacial score (nSPS) is 10.2. The van der Waals surface area contributed by atoms with Crippen LogP contribution in [0.3, 0.4) is 0 Å². The van der Waals surface area contributed by atoms with Gasteiger partial charge in [0.1, 0.15) is 5.69 Å². The van der Waals surface area contributed by atoms with Crippen molar-refractivity contribution < 1.29 is 4.79 Å². The molecule has 1 heterocycles. The summed E-state index contributed by atoms with van der Waals surface area (Å²) in [4.78, 5) is 20.0. The zero-order chi connectivity index (χ0) is 13.1. The summed E-state index contributed by atoms with van der Waals surface area (Å²) in [6.45, 7) is 3.79. The second-order valence-electron chi connectivity index (χ2n) is 3.93. The first kappa shape index (κ1) is 12.7. The predicted octanol–water partition coefficient (Wildman–Crippen LogP) is 3.11. The van der Waals surface area contributed by atoms with E-state index in [4.69, 9.17) is 0 Å². The number of anilines is 1. The summed E-state index contributed by atoms with van der Waals surface area (Å²) >= 11 is 3.44. The van der Waals surface area contributed by atoms with E-state index in [-0.39, 0.29) is 5.91 Å². The van der Waals surface area contributed by atoms with Gasteiger partial charge in [-0.05, 0) is 41.4 Å². The zero-order valence-electron chi connectivity index (χ0n) is 10.1. The molecule has 92 valence electrons. The fourth-order valence-electron chi connectivity index (χ4n) is 1.44. The minimum Gasteiger partial charge on any atom is -0.320 e. The minimum atomic E-state index is -0.270. The molecule has 0 bridgehead atoms. The Morgan fingerprint density at radius 2 is 2.00 bits per heavy atom. The number of hydrogen-bond acceptors (Lipinski definition) is 3. The van der Waals surface area contributed by atoms with Gasteiger partial charge in [0.25, 0.3) is 5.91 Å². The van der Waals surface area contributed by atoms with E-state index in [0.29, 0.717) is 5.69 Å². The molecule has 1 aromatic carbocycles. The third-order valence-corrected chi connectivity index (χ3v) is 3.51. The molecule has 1 aromatic heterocycles. The maximum Gasteiger partial charge on any atom is 0.275 e. The number of benzene rings is 1. The first-order valence-electron chi connectivity index (χ1n) is 5.43. The van der Waals surface area contributed by atoms with E-state index in [1.54, 1.807) is 6.20 Å². The molecule has 1 N–H and O–H groups in total. The largest absolute Gasteiger partial charge is 0.320 e. The van der Waals surface area contributed by atoms with Crippen LogP contribution in [-0.2, 0) is 0 Å². The number of carbonyl (C=O) groups excluding carboxylic acids is 1. The molecular formula is C13H12BrN3O. The summed E-state index contributed by atoms with van der Waals surface area (Å²) in [5.41, 5.74) is 2.86. The molecular weight excluding hydrogens is 294 g/mol. The summed E-state index contributed by atoms with van der Waals surface area (Å²) in [7, 11) is 0. The van der Waals surface area contributed by atoms with Gasteiger partial charge in [-0.25, -0.2) is 4.98 Å². The molecule has 2 aromatic rings. The van der Waals surface area contributed by atoms with E-state index in [0.717, 1.165) is 21.4 Å². The fraction of sp³-hybridized carbons (Fsp3) is 0.154. The lowest BCUT2D eigenvalue weighted by Crippen LogP contribution is -2.14. The van der Waals surface area contributed by atoms with Crippen LogP contribution in [0, 0.1) is 13.8 Å². The van der Waals surface area contributed by atoms with Crippen molar-refractivity contribution >= 4 is 27.5 Å². The Bertz CT molecular complexity index is 581. The Morgan fingerprint density at radius 1 is 1.22 bits per heavy atom. The van der Waals surface area contributed by atoms with E-state index in [1.165, 1.54) is 6.20 Å². The summed E-state index contributed by atoms with van der Waals surface area (Å²) < 4.78 is 0.874. The quantitative estimate of drug-likeness (QED) is 0.927. The molecule has 0 fully saturated rings. The third-order valence-electron chi connectivity index (χ3n) is 2.45. The molecule has 0 radical (unpaired) electrons. The van der Waals surface area contributed by atoms with Crippen molar-refractivity contribution in [1.82, 2.24) is 9.97 Å². The summed E-state index contributed by atoms with van der Waals surface area (Å²) in [6, 6.07) is 5.68. The van der Waals surface area contributed by atoms with Crippen molar-refractivity contribution in [2.45, 2.75) is 13.8 Å². The highest BCUT2D eigenvalue weighted by molar-refractivity contribution is 9.10. The van der Waals surface area contributed by atoms with E-state index in [2.05, 4.69) is 31.2 Å². The van der Waals surface area contributed by atoms with Gasteiger partial charge in [0.05, 0.1) is 17.6 Å². The second-order valence-corrected chi connectivity index (χ2v) is 4.73. The number of halogens is 1. The first-order chi connectivity index (χ1) is 8.58. The van der Waals surface area contributed by atoms with E-state index >= 15 is 0 Å². The van der Waals surface area contributed by atoms with Crippen LogP contribution in [-0.4, -0.2) is 15.9 Å². The van der Waals surface area contributed by atoms with Crippen LogP contribution in [0.15, 0.2) is 35.1 Å². The summed E-state index contributed by atoms with van der Waals surface area (Å²) in [6.07, 6.45) is 3.04. The predicted molar refractivity (Wildman–Crippen MR) is 73.6 cm³/mol. The average Bonchev–Trinajstić information content (AvgIpc) is 2.36. The fourth-order valence-corrected chi connectivity index (χ4v) is 1.80. The highest BCUT2D eigenvalue weighted by Gasteiger charge is 2.10. The van der Waals surface area contributed by atoms with Crippen LogP contribution in [0.5, 0.6) is 0 Å². The second kappa shape index (κ2) is 5.27. The van der Waals surface area contributed by atoms with E-state index in [9.17, 15) is 4.79 Å². The van der Waals surface area contributed by atoms with Gasteiger partial charge in [-0.2, -0.15) is 0 Å². The Kier molecular flexibility index (Phi) is 3.72. The number of aromatic nitrogens is 2. The summed E-state index contributed by atoms with van der Waals surface area (Å²) in [5.74, 6) is -0.270. The number of nitrogens with zero attached hydrogens (tertiary/aromatic N) is 2. The molecule has 0 saturated carbocycles. The van der Waals surface area contributed by atoms with Crippen molar-refractivity contribution in [2.75, 3.05) is 5.32 Å². The van der Waals surface area contributed by atoms with Crippen molar-refractivity contribution in [2.24, 2.45) is 0 Å². The molecule has 18 heavy (non-hydrogen) atoms. The van der Waals surface area contributed by atoms with Gasteiger partial charge in [0.15, 0.2) is 0 Å². The minimum absolute atomic E-state index is 0.270. The lowest BCUT2D eigenvalue weighted by molar-refractivity contribution is 0.102. The van der Waals surface area contributed by atoms with Crippen LogP contribution < -0.4 is 5.32 Å². The highest BCUT2D eigenvalue weighted by Crippen LogP contribution is 2.25. The molecule has 1 amide bonds. The smallest absolute Gasteiger partial charge is 0.275 e. The van der Waals surface area contributed by atoms with Gasteiger partial charge in [-0.3, -0.25) is 9.78 Å². The van der Waals surface area contributed by atoms with Gasteiger partial charge in [-0.15, -0.1) is 0 Å². The molecule has 0 unspecified atom stereocenters. The lowest BCUT2D eigenvalue weighted by Gasteiger charge is -2.08. The maximum atomic E-state index is 12.0. The van der Waals surface area contributed by atoms with Crippen molar-refractivity contribution in [3.05, 3.63) is 52.0 Å². The number of rotatable bonds is 2. The molecule has 0 aliphatic rings. The molecule has 4 nitrogen and oxygen atoms in total. The molecule has 0 saturated heterocycles. The Hall–Kier alpha value is -1.75. The number of nitrogens with one attached hydrogen (secondary N) is 1. The van der Waals surface area contributed by atoms with Crippen molar-refractivity contribution in [1.29, 1.82) is 0 Å². The monoisotopic (exact) mass is 305 g/mol. The van der Waals surface area contributed by atoms with Crippen LogP contribution in [0.4, 0.5) is 5.69 Å². The van der Waals surface area contributed by atoms with Gasteiger partial charge >= 0.3 is 0 Å². The summed E-state index contributed by atoms with van der Waals surface area (Å²) in [5, 5.41) is 2.80. The number of hydrogen-bond donors (Lipinski definition) is 1. The molecule has 2 rings (SSSR count). The zero-order valence-corrected chi connectivity index (χ0v) is 11.7. The molecule has 0 atom stereocenters. The Morgan fingerprint density at radius 3 is 2.67 bits per heavy atom. The standard InChI is InChI=1S/C13H12BrN3O/c1-8-4-3-5-10(12(8)14)17-13(18)11-7-15-9(2)6-16-11/h3-7H,1-2H3,(H,17,18). The number of aryl methyl sites for hydroxylation is 2. The van der Waals surface area contributed by atoms with Gasteiger partial charge in [-0.1, -0.05) is 12.1 Å². The van der Waals surface area contributed by atoms with Gasteiger partial charge < -0.3 is 5.32 Å². The van der Waals surface area contributed by atoms with E-state index < -0.39 is 0 Å². The third kappa shape index (κ3) is 2.73. The average molecular weight is 306 g/mol. The van der Waals surface area contributed by atoms with Crippen LogP contribution in [0.1, 0.15) is 21.7 Å². The van der Waals surface area contributed by atoms with E-state index in [1.807, 2.05) is 32.0 Å². The molecule has 0 aliphatic carbocycles. The first-order valence-corrected chi connectivity index (χ1v) is 6.22. The Balaban J connectivity index is 2.21. The van der Waals surface area contributed by atoms with Gasteiger partial charge in [0, 0.05) is 10.7 Å². The molecule has 0 spiro atoms. The molecule has 5 heteroatoms. The lowest BCUT2D eigenvalue weighted by atomic mass is 10.2. The number of carbonyl (C=O) groups is 1. The van der Waals surface area contributed by atoms with Crippen molar-refractivity contribution in [3.8, 4) is 0 Å². The molecule has 0 aliphatic heterocycles. The van der Waals surface area contributed by atoms with Crippen LogP contribution in [0.25, 0.3) is 0 Å². The topological polar surface area (TPSA) is 54.9 Å². The van der Waals surface area contributed by atoms with Crippen LogP contribution in [0.2, 0.25) is 0 Å². The van der Waals surface area contributed by atoms with Crippen LogP contribution >= 0.6 is 15.9 Å². The van der Waals surface area contributed by atoms with Crippen molar-refractivity contribution in [3.63, 3.8) is 0 Å². The number of amides is 1. The SMILES string of the molecule is Cc1cnc(C(=O)Nc2cccc(C)c2Br)cn1.